The summed E-state index contributed by atoms with van der Waals surface area (Å²) in [6.07, 6.45) is 0. The molecule has 0 bridgehead atoms. The van der Waals surface area contributed by atoms with Gasteiger partial charge in [-0.3, -0.25) is 14.5 Å². The lowest BCUT2D eigenvalue weighted by Crippen LogP contribution is -2.42. The van der Waals surface area contributed by atoms with Gasteiger partial charge in [-0.05, 0) is 47.9 Å². The second kappa shape index (κ2) is 7.05. The minimum absolute atomic E-state index is 0.348. The Hall–Kier alpha value is -3.67. The van der Waals surface area contributed by atoms with Crippen molar-refractivity contribution in [2.45, 2.75) is 19.4 Å². The maximum Gasteiger partial charge on any atom is 0.325 e. The molecule has 1 aliphatic rings. The number of carbonyl (C=O) groups excluding carboxylic acids is 3. The molecule has 6 heteroatoms. The molecule has 4 rings (SSSR count). The average molecular weight is 387 g/mol. The Morgan fingerprint density at radius 1 is 1.03 bits per heavy atom. The van der Waals surface area contributed by atoms with E-state index in [1.54, 1.807) is 13.0 Å². The number of rotatable bonds is 4. The molecule has 3 aromatic rings. The van der Waals surface area contributed by atoms with Crippen molar-refractivity contribution in [1.29, 1.82) is 0 Å². The number of hydrogen-bond donors (Lipinski definition) is 2. The topological polar surface area (TPSA) is 78.5 Å². The molecule has 1 saturated heterocycles. The van der Waals surface area contributed by atoms with E-state index in [2.05, 4.69) is 10.6 Å². The SMILES string of the molecule is Cc1cccc(NC(=O)CN2C(=O)N[C@](C)(c3cccc4ccccc34)C2=O)c1. The molecule has 0 unspecified atom stereocenters. The molecule has 6 nitrogen and oxygen atoms in total. The number of anilines is 1. The van der Waals surface area contributed by atoms with Crippen molar-refractivity contribution >= 4 is 34.3 Å². The van der Waals surface area contributed by atoms with Crippen molar-refractivity contribution in [3.8, 4) is 0 Å². The number of benzene rings is 3. The van der Waals surface area contributed by atoms with Crippen molar-refractivity contribution in [3.63, 3.8) is 0 Å². The van der Waals surface area contributed by atoms with Crippen LogP contribution in [0.25, 0.3) is 10.8 Å². The molecule has 0 aliphatic carbocycles. The molecule has 0 aromatic heterocycles. The first-order valence-corrected chi connectivity index (χ1v) is 9.37. The van der Waals surface area contributed by atoms with Crippen LogP contribution in [0, 0.1) is 6.92 Å². The first-order chi connectivity index (χ1) is 13.9. The Balaban J connectivity index is 1.59. The van der Waals surface area contributed by atoms with Crippen LogP contribution in [0.1, 0.15) is 18.1 Å². The predicted octanol–water partition coefficient (Wildman–Crippen LogP) is 3.55. The Morgan fingerprint density at radius 2 is 1.76 bits per heavy atom. The van der Waals surface area contributed by atoms with Crippen LogP contribution in [0.15, 0.2) is 66.7 Å². The molecule has 1 aliphatic heterocycles. The highest BCUT2D eigenvalue weighted by Gasteiger charge is 2.50. The molecule has 0 spiro atoms. The highest BCUT2D eigenvalue weighted by Crippen LogP contribution is 2.33. The normalized spacial score (nSPS) is 18.8. The van der Waals surface area contributed by atoms with Crippen molar-refractivity contribution in [3.05, 3.63) is 77.9 Å². The van der Waals surface area contributed by atoms with Crippen molar-refractivity contribution in [2.24, 2.45) is 0 Å². The summed E-state index contributed by atoms with van der Waals surface area (Å²) in [5.74, 6) is -0.875. The van der Waals surface area contributed by atoms with Gasteiger partial charge in [0, 0.05) is 5.69 Å². The first-order valence-electron chi connectivity index (χ1n) is 9.37. The van der Waals surface area contributed by atoms with Crippen LogP contribution >= 0.6 is 0 Å². The van der Waals surface area contributed by atoms with Gasteiger partial charge in [0.15, 0.2) is 0 Å². The van der Waals surface area contributed by atoms with Gasteiger partial charge >= 0.3 is 6.03 Å². The molecular weight excluding hydrogens is 366 g/mol. The van der Waals surface area contributed by atoms with E-state index < -0.39 is 23.4 Å². The maximum absolute atomic E-state index is 13.2. The molecule has 1 fully saturated rings. The monoisotopic (exact) mass is 387 g/mol. The van der Waals surface area contributed by atoms with Gasteiger partial charge in [0.1, 0.15) is 12.1 Å². The molecule has 146 valence electrons. The molecule has 1 heterocycles. The van der Waals surface area contributed by atoms with Gasteiger partial charge in [-0.1, -0.05) is 54.6 Å². The van der Waals surface area contributed by atoms with Crippen LogP contribution < -0.4 is 10.6 Å². The minimum atomic E-state index is -1.23. The minimum Gasteiger partial charge on any atom is -0.325 e. The molecule has 4 amide bonds. The van der Waals surface area contributed by atoms with E-state index in [-0.39, 0.29) is 6.54 Å². The van der Waals surface area contributed by atoms with Crippen LogP contribution in [0.5, 0.6) is 0 Å². The lowest BCUT2D eigenvalue weighted by Gasteiger charge is -2.24. The number of imide groups is 1. The summed E-state index contributed by atoms with van der Waals surface area (Å²) in [5.41, 5.74) is 1.09. The lowest BCUT2D eigenvalue weighted by atomic mass is 9.88. The van der Waals surface area contributed by atoms with Gasteiger partial charge in [-0.2, -0.15) is 0 Å². The van der Waals surface area contributed by atoms with Crippen molar-refractivity contribution in [2.75, 3.05) is 11.9 Å². The zero-order valence-electron chi connectivity index (χ0n) is 16.2. The van der Waals surface area contributed by atoms with Crippen molar-refractivity contribution < 1.29 is 14.4 Å². The largest absolute Gasteiger partial charge is 0.325 e. The quantitative estimate of drug-likeness (QED) is 0.672. The van der Waals surface area contributed by atoms with Crippen LogP contribution in [0.2, 0.25) is 0 Å². The molecule has 29 heavy (non-hydrogen) atoms. The van der Waals surface area contributed by atoms with Gasteiger partial charge in [-0.25, -0.2) is 4.79 Å². The van der Waals surface area contributed by atoms with Crippen LogP contribution in [0.3, 0.4) is 0 Å². The second-order valence-corrected chi connectivity index (χ2v) is 7.39. The van der Waals surface area contributed by atoms with Crippen LogP contribution in [-0.2, 0) is 15.1 Å². The predicted molar refractivity (Wildman–Crippen MR) is 111 cm³/mol. The summed E-state index contributed by atoms with van der Waals surface area (Å²) in [4.78, 5) is 39.2. The number of aryl methyl sites for hydroxylation is 1. The second-order valence-electron chi connectivity index (χ2n) is 7.39. The molecule has 1 atom stereocenters. The fraction of sp³-hybridized carbons (Fsp3) is 0.174. The van der Waals surface area contributed by atoms with Crippen molar-refractivity contribution in [1.82, 2.24) is 10.2 Å². The van der Waals surface area contributed by atoms with E-state index in [1.807, 2.05) is 67.6 Å². The van der Waals surface area contributed by atoms with E-state index in [4.69, 9.17) is 0 Å². The summed E-state index contributed by atoms with van der Waals surface area (Å²) < 4.78 is 0. The standard InChI is InChI=1S/C23H21N3O3/c1-15-7-5-10-17(13-15)24-20(27)14-26-21(28)23(2,25-22(26)29)19-12-6-9-16-8-3-4-11-18(16)19/h3-13H,14H2,1-2H3,(H,24,27)(H,25,29)/t23-/m1/s1. The average Bonchev–Trinajstić information content (AvgIpc) is 2.91. The first kappa shape index (κ1) is 18.7. The number of carbonyl (C=O) groups is 3. The van der Waals surface area contributed by atoms with E-state index >= 15 is 0 Å². The number of nitrogens with one attached hydrogen (secondary N) is 2. The molecule has 2 N–H and O–H groups in total. The van der Waals surface area contributed by atoms with Crippen LogP contribution in [-0.4, -0.2) is 29.3 Å². The summed E-state index contributed by atoms with van der Waals surface area (Å²) >= 11 is 0. The fourth-order valence-corrected chi connectivity index (χ4v) is 3.75. The van der Waals surface area contributed by atoms with Gasteiger partial charge in [0.2, 0.25) is 5.91 Å². The number of amides is 4. The van der Waals surface area contributed by atoms with Crippen LogP contribution in [0.4, 0.5) is 10.5 Å². The number of hydrogen-bond acceptors (Lipinski definition) is 3. The molecule has 0 saturated carbocycles. The summed E-state index contributed by atoms with van der Waals surface area (Å²) in [5, 5.41) is 7.37. The number of urea groups is 1. The highest BCUT2D eigenvalue weighted by atomic mass is 16.2. The summed E-state index contributed by atoms with van der Waals surface area (Å²) in [7, 11) is 0. The Kier molecular flexibility index (Phi) is 4.54. The van der Waals surface area contributed by atoms with E-state index in [9.17, 15) is 14.4 Å². The van der Waals surface area contributed by atoms with Gasteiger partial charge in [0.25, 0.3) is 5.91 Å². The highest BCUT2D eigenvalue weighted by molar-refractivity contribution is 6.11. The van der Waals surface area contributed by atoms with Gasteiger partial charge in [0.05, 0.1) is 0 Å². The number of nitrogens with zero attached hydrogens (tertiary/aromatic N) is 1. The van der Waals surface area contributed by atoms with E-state index in [1.165, 1.54) is 0 Å². The zero-order valence-corrected chi connectivity index (χ0v) is 16.2. The third kappa shape index (κ3) is 3.33. The number of fused-ring (bicyclic) bond motifs is 1. The summed E-state index contributed by atoms with van der Waals surface area (Å²) in [6.45, 7) is 3.25. The third-order valence-electron chi connectivity index (χ3n) is 5.21. The maximum atomic E-state index is 13.2. The molecule has 3 aromatic carbocycles. The summed E-state index contributed by atoms with van der Waals surface area (Å²) in [6, 6.07) is 20.1. The zero-order chi connectivity index (χ0) is 20.6. The smallest absolute Gasteiger partial charge is 0.325 e. The Morgan fingerprint density at radius 3 is 2.55 bits per heavy atom. The van der Waals surface area contributed by atoms with Gasteiger partial charge < -0.3 is 10.6 Å². The molecular formula is C23H21N3O3. The Labute approximate surface area is 168 Å². The van der Waals surface area contributed by atoms with Gasteiger partial charge in [-0.15, -0.1) is 0 Å². The molecule has 0 radical (unpaired) electrons. The third-order valence-corrected chi connectivity index (χ3v) is 5.21. The van der Waals surface area contributed by atoms with E-state index in [0.29, 0.717) is 11.3 Å². The lowest BCUT2D eigenvalue weighted by molar-refractivity contribution is -0.133. The Bertz CT molecular complexity index is 1140. The fourth-order valence-electron chi connectivity index (χ4n) is 3.75. The van der Waals surface area contributed by atoms with E-state index in [0.717, 1.165) is 21.2 Å².